The lowest BCUT2D eigenvalue weighted by molar-refractivity contribution is -0.123. The minimum atomic E-state index is -0.170. The second kappa shape index (κ2) is 7.47. The summed E-state index contributed by atoms with van der Waals surface area (Å²) in [5.41, 5.74) is 4.07. The van der Waals surface area contributed by atoms with Crippen LogP contribution in [-0.2, 0) is 16.1 Å². The van der Waals surface area contributed by atoms with Crippen molar-refractivity contribution < 1.29 is 9.59 Å². The van der Waals surface area contributed by atoms with Gasteiger partial charge in [0.05, 0.1) is 5.69 Å². The number of carbonyl (C=O) groups is 2. The minimum Gasteiger partial charge on any atom is -0.336 e. The predicted octanol–water partition coefficient (Wildman–Crippen LogP) is 2.84. The topological polar surface area (TPSA) is 65.9 Å². The molecule has 2 aromatic rings. The average Bonchev–Trinajstić information content (AvgIpc) is 2.64. The molecular weight excluding hydrogens is 328 g/mol. The Hall–Kier alpha value is -3.02. The Morgan fingerprint density at radius 1 is 1.23 bits per heavy atom. The van der Waals surface area contributed by atoms with E-state index in [9.17, 15) is 9.59 Å². The van der Waals surface area contributed by atoms with E-state index < -0.39 is 0 Å². The molecule has 134 valence electrons. The average molecular weight is 350 g/mol. The van der Waals surface area contributed by atoms with E-state index in [-0.39, 0.29) is 18.2 Å². The van der Waals surface area contributed by atoms with Crippen LogP contribution in [0, 0.1) is 13.8 Å². The van der Waals surface area contributed by atoms with Gasteiger partial charge in [0.25, 0.3) is 5.91 Å². The van der Waals surface area contributed by atoms with Gasteiger partial charge in [-0.15, -0.1) is 0 Å². The van der Waals surface area contributed by atoms with Gasteiger partial charge < -0.3 is 4.90 Å². The maximum absolute atomic E-state index is 12.8. The lowest BCUT2D eigenvalue weighted by atomic mass is 10.1. The van der Waals surface area contributed by atoms with E-state index in [2.05, 4.69) is 10.1 Å². The number of hydrazone groups is 1. The summed E-state index contributed by atoms with van der Waals surface area (Å²) in [6.07, 6.45) is 4.07. The standard InChI is InChI=1S/C20H22N4O2/c1-14-6-7-15(2)18(11-14)24-19(25)9-8-17(22-24)20(26)23(3)13-16-5-4-10-21-12-16/h4-7,10-12H,8-9,13H2,1-3H3. The normalized spacial score (nSPS) is 14.2. The highest BCUT2D eigenvalue weighted by Crippen LogP contribution is 2.25. The summed E-state index contributed by atoms with van der Waals surface area (Å²) in [6.45, 7) is 4.35. The highest BCUT2D eigenvalue weighted by Gasteiger charge is 2.28. The molecule has 0 bridgehead atoms. The van der Waals surface area contributed by atoms with Crippen molar-refractivity contribution in [2.24, 2.45) is 5.10 Å². The van der Waals surface area contributed by atoms with Crippen LogP contribution in [0.4, 0.5) is 5.69 Å². The molecule has 0 radical (unpaired) electrons. The molecule has 6 nitrogen and oxygen atoms in total. The van der Waals surface area contributed by atoms with Crippen molar-refractivity contribution in [2.45, 2.75) is 33.2 Å². The monoisotopic (exact) mass is 350 g/mol. The van der Waals surface area contributed by atoms with Crippen LogP contribution in [0.15, 0.2) is 47.8 Å². The van der Waals surface area contributed by atoms with Crippen molar-refractivity contribution in [3.05, 3.63) is 59.4 Å². The first-order valence-corrected chi connectivity index (χ1v) is 8.58. The van der Waals surface area contributed by atoms with Gasteiger partial charge in [0.2, 0.25) is 5.91 Å². The molecule has 1 aliphatic rings. The third-order valence-electron chi connectivity index (χ3n) is 4.36. The fourth-order valence-electron chi connectivity index (χ4n) is 2.90. The maximum atomic E-state index is 12.8. The van der Waals surface area contributed by atoms with Gasteiger partial charge in [0, 0.05) is 38.8 Å². The molecule has 6 heteroatoms. The second-order valence-corrected chi connectivity index (χ2v) is 6.56. The fraction of sp³-hybridized carbons (Fsp3) is 0.300. The van der Waals surface area contributed by atoms with E-state index in [4.69, 9.17) is 0 Å². The number of carbonyl (C=O) groups excluding carboxylic acids is 2. The first-order valence-electron chi connectivity index (χ1n) is 8.58. The zero-order valence-electron chi connectivity index (χ0n) is 15.3. The largest absolute Gasteiger partial charge is 0.336 e. The molecule has 0 spiro atoms. The lowest BCUT2D eigenvalue weighted by Crippen LogP contribution is -2.40. The first kappa shape index (κ1) is 17.8. The Bertz CT molecular complexity index is 861. The highest BCUT2D eigenvalue weighted by atomic mass is 16.2. The van der Waals surface area contributed by atoms with Gasteiger partial charge in [-0.2, -0.15) is 5.10 Å². The smallest absolute Gasteiger partial charge is 0.270 e. The molecule has 0 saturated carbocycles. The number of hydrogen-bond acceptors (Lipinski definition) is 4. The molecule has 0 N–H and O–H groups in total. The van der Waals surface area contributed by atoms with Gasteiger partial charge in [-0.25, -0.2) is 5.01 Å². The molecule has 0 unspecified atom stereocenters. The van der Waals surface area contributed by atoms with Crippen LogP contribution in [0.3, 0.4) is 0 Å². The number of aryl methyl sites for hydroxylation is 2. The Morgan fingerprint density at radius 2 is 2.04 bits per heavy atom. The van der Waals surface area contributed by atoms with E-state index in [0.717, 1.165) is 22.4 Å². The number of nitrogens with zero attached hydrogens (tertiary/aromatic N) is 4. The van der Waals surface area contributed by atoms with Crippen LogP contribution in [0.1, 0.15) is 29.5 Å². The summed E-state index contributed by atoms with van der Waals surface area (Å²) in [7, 11) is 1.73. The van der Waals surface area contributed by atoms with E-state index in [1.165, 1.54) is 5.01 Å². The lowest BCUT2D eigenvalue weighted by Gasteiger charge is -2.26. The molecule has 2 heterocycles. The van der Waals surface area contributed by atoms with Crippen LogP contribution < -0.4 is 5.01 Å². The number of hydrogen-bond donors (Lipinski definition) is 0. The number of anilines is 1. The van der Waals surface area contributed by atoms with Crippen molar-refractivity contribution in [3.63, 3.8) is 0 Å². The van der Waals surface area contributed by atoms with Crippen molar-refractivity contribution in [1.29, 1.82) is 0 Å². The summed E-state index contributed by atoms with van der Waals surface area (Å²) in [5, 5.41) is 5.76. The maximum Gasteiger partial charge on any atom is 0.270 e. The Morgan fingerprint density at radius 3 is 2.77 bits per heavy atom. The molecular formula is C20H22N4O2. The Kier molecular flexibility index (Phi) is 5.11. The van der Waals surface area contributed by atoms with Gasteiger partial charge in [-0.3, -0.25) is 14.6 Å². The summed E-state index contributed by atoms with van der Waals surface area (Å²) in [4.78, 5) is 30.8. The molecule has 0 atom stereocenters. The van der Waals surface area contributed by atoms with Gasteiger partial charge in [-0.1, -0.05) is 18.2 Å². The molecule has 1 aromatic heterocycles. The highest BCUT2D eigenvalue weighted by molar-refractivity contribution is 6.40. The van der Waals surface area contributed by atoms with Gasteiger partial charge >= 0.3 is 0 Å². The third kappa shape index (κ3) is 3.79. The van der Waals surface area contributed by atoms with Crippen molar-refractivity contribution in [3.8, 4) is 0 Å². The van der Waals surface area contributed by atoms with E-state index in [1.54, 1.807) is 24.3 Å². The number of aromatic nitrogens is 1. The number of pyridine rings is 1. The van der Waals surface area contributed by atoms with E-state index in [0.29, 0.717) is 18.7 Å². The van der Waals surface area contributed by atoms with Gasteiger partial charge in [0.1, 0.15) is 5.71 Å². The van der Waals surface area contributed by atoms with Crippen LogP contribution >= 0.6 is 0 Å². The van der Waals surface area contributed by atoms with Crippen molar-refractivity contribution in [2.75, 3.05) is 12.1 Å². The minimum absolute atomic E-state index is 0.0924. The van der Waals surface area contributed by atoms with Crippen molar-refractivity contribution >= 4 is 23.2 Å². The van der Waals surface area contributed by atoms with Crippen LogP contribution in [0.5, 0.6) is 0 Å². The van der Waals surface area contributed by atoms with Crippen molar-refractivity contribution in [1.82, 2.24) is 9.88 Å². The molecule has 1 aliphatic heterocycles. The molecule has 0 saturated heterocycles. The molecule has 3 rings (SSSR count). The number of amides is 2. The summed E-state index contributed by atoms with van der Waals surface area (Å²) >= 11 is 0. The SMILES string of the molecule is Cc1ccc(C)c(N2N=C(C(=O)N(C)Cc3cccnc3)CCC2=O)c1. The molecule has 0 fully saturated rings. The Balaban J connectivity index is 1.84. The second-order valence-electron chi connectivity index (χ2n) is 6.56. The Labute approximate surface area is 153 Å². The number of rotatable bonds is 4. The zero-order chi connectivity index (χ0) is 18.7. The first-order chi connectivity index (χ1) is 12.5. The quantitative estimate of drug-likeness (QED) is 0.852. The molecule has 0 aliphatic carbocycles. The van der Waals surface area contributed by atoms with E-state index >= 15 is 0 Å². The van der Waals surface area contributed by atoms with Gasteiger partial charge in [-0.05, 0) is 42.7 Å². The zero-order valence-corrected chi connectivity index (χ0v) is 15.3. The molecule has 2 amide bonds. The predicted molar refractivity (Wildman–Crippen MR) is 101 cm³/mol. The molecule has 1 aromatic carbocycles. The van der Waals surface area contributed by atoms with Gasteiger partial charge in [0.15, 0.2) is 0 Å². The third-order valence-corrected chi connectivity index (χ3v) is 4.36. The number of benzene rings is 1. The van der Waals surface area contributed by atoms with E-state index in [1.807, 2.05) is 44.2 Å². The van der Waals surface area contributed by atoms with Crippen LogP contribution in [0.25, 0.3) is 0 Å². The molecule has 26 heavy (non-hydrogen) atoms. The van der Waals surface area contributed by atoms with Crippen LogP contribution in [0.2, 0.25) is 0 Å². The summed E-state index contributed by atoms with van der Waals surface area (Å²) in [6, 6.07) is 9.63. The van der Waals surface area contributed by atoms with Crippen LogP contribution in [-0.4, -0.2) is 34.5 Å². The summed E-state index contributed by atoms with van der Waals surface area (Å²) in [5.74, 6) is -0.262. The fourth-order valence-corrected chi connectivity index (χ4v) is 2.90. The summed E-state index contributed by atoms with van der Waals surface area (Å²) < 4.78 is 0.